The monoisotopic (exact) mass is 442 g/mol. The lowest BCUT2D eigenvalue weighted by molar-refractivity contribution is 0.535. The molecule has 0 aliphatic carbocycles. The van der Waals surface area contributed by atoms with E-state index in [1.807, 2.05) is 6.20 Å². The molecule has 0 radical (unpaired) electrons. The summed E-state index contributed by atoms with van der Waals surface area (Å²) in [6.45, 7) is 6.78. The highest BCUT2D eigenvalue weighted by Gasteiger charge is 2.17. The maximum absolute atomic E-state index is 6.41. The van der Waals surface area contributed by atoms with Crippen molar-refractivity contribution in [2.45, 2.75) is 26.7 Å². The number of hydrogen-bond acceptors (Lipinski definition) is 3. The second-order valence-corrected chi connectivity index (χ2v) is 9.37. The van der Waals surface area contributed by atoms with E-state index in [1.165, 1.54) is 16.3 Å². The van der Waals surface area contributed by atoms with E-state index >= 15 is 0 Å². The largest absolute Gasteiger partial charge is 0.437 e. The molecule has 1 atom stereocenters. The van der Waals surface area contributed by atoms with E-state index in [0.717, 1.165) is 38.9 Å². The first-order valence-corrected chi connectivity index (χ1v) is 11.9. The van der Waals surface area contributed by atoms with Crippen molar-refractivity contribution in [3.8, 4) is 22.5 Å². The molecule has 166 valence electrons. The van der Waals surface area contributed by atoms with Crippen LogP contribution in [0, 0.1) is 5.92 Å². The smallest absolute Gasteiger partial charge is 0.227 e. The molecule has 3 heteroatoms. The summed E-state index contributed by atoms with van der Waals surface area (Å²) < 4.78 is 6.41. The van der Waals surface area contributed by atoms with Crippen LogP contribution in [0.15, 0.2) is 95.5 Å². The Kier molecular flexibility index (Phi) is 4.91. The molecule has 0 bridgehead atoms. The SMILES string of the molecule is CC(C)C(C)c1ccnc(-c2cccc3c2oc2nc(-c4cccc5ccccc45)ccc23)c1. The summed E-state index contributed by atoms with van der Waals surface area (Å²) in [6, 6.07) is 29.5. The van der Waals surface area contributed by atoms with Gasteiger partial charge in [-0.2, -0.15) is 0 Å². The second-order valence-electron chi connectivity index (χ2n) is 9.37. The van der Waals surface area contributed by atoms with E-state index in [1.54, 1.807) is 0 Å². The third-order valence-electron chi connectivity index (χ3n) is 7.02. The van der Waals surface area contributed by atoms with Gasteiger partial charge in [0.2, 0.25) is 5.71 Å². The highest BCUT2D eigenvalue weighted by atomic mass is 16.3. The average Bonchev–Trinajstić information content (AvgIpc) is 3.26. The van der Waals surface area contributed by atoms with E-state index in [2.05, 4.69) is 106 Å². The number of hydrogen-bond donors (Lipinski definition) is 0. The first kappa shape index (κ1) is 20.6. The van der Waals surface area contributed by atoms with E-state index in [9.17, 15) is 0 Å². The van der Waals surface area contributed by atoms with Crippen LogP contribution in [0.1, 0.15) is 32.3 Å². The Labute approximate surface area is 199 Å². The summed E-state index contributed by atoms with van der Waals surface area (Å²) in [5, 5.41) is 4.48. The Morgan fingerprint density at radius 3 is 2.32 bits per heavy atom. The fourth-order valence-electron chi connectivity index (χ4n) is 4.74. The van der Waals surface area contributed by atoms with Crippen molar-refractivity contribution >= 4 is 32.8 Å². The predicted molar refractivity (Wildman–Crippen MR) is 141 cm³/mol. The number of pyridine rings is 2. The Balaban J connectivity index is 1.51. The summed E-state index contributed by atoms with van der Waals surface area (Å²) >= 11 is 0. The average molecular weight is 443 g/mol. The molecule has 0 saturated carbocycles. The van der Waals surface area contributed by atoms with E-state index in [-0.39, 0.29) is 0 Å². The number of para-hydroxylation sites is 1. The number of benzene rings is 3. The van der Waals surface area contributed by atoms with Crippen molar-refractivity contribution in [2.75, 3.05) is 0 Å². The zero-order valence-corrected chi connectivity index (χ0v) is 19.6. The molecule has 0 saturated heterocycles. The minimum absolute atomic E-state index is 0.460. The van der Waals surface area contributed by atoms with Gasteiger partial charge >= 0.3 is 0 Å². The van der Waals surface area contributed by atoms with Gasteiger partial charge in [0.15, 0.2) is 0 Å². The van der Waals surface area contributed by atoms with Gasteiger partial charge in [0.25, 0.3) is 0 Å². The second kappa shape index (κ2) is 8.11. The van der Waals surface area contributed by atoms with Crippen LogP contribution in [-0.4, -0.2) is 9.97 Å². The zero-order valence-electron chi connectivity index (χ0n) is 19.6. The predicted octanol–water partition coefficient (Wildman–Crippen LogP) is 8.62. The summed E-state index contributed by atoms with van der Waals surface area (Å²) in [4.78, 5) is 9.64. The zero-order chi connectivity index (χ0) is 23.2. The fourth-order valence-corrected chi connectivity index (χ4v) is 4.74. The molecule has 0 fully saturated rings. The van der Waals surface area contributed by atoms with Crippen LogP contribution in [0.3, 0.4) is 0 Å². The van der Waals surface area contributed by atoms with Gasteiger partial charge in [0.1, 0.15) is 5.58 Å². The van der Waals surface area contributed by atoms with Gasteiger partial charge in [-0.15, -0.1) is 0 Å². The van der Waals surface area contributed by atoms with Crippen LogP contribution in [0.25, 0.3) is 55.4 Å². The Morgan fingerprint density at radius 1 is 0.676 bits per heavy atom. The minimum atomic E-state index is 0.460. The van der Waals surface area contributed by atoms with Crippen molar-refractivity contribution in [2.24, 2.45) is 5.92 Å². The van der Waals surface area contributed by atoms with Crippen molar-refractivity contribution in [1.29, 1.82) is 0 Å². The van der Waals surface area contributed by atoms with Crippen LogP contribution < -0.4 is 0 Å². The minimum Gasteiger partial charge on any atom is -0.437 e. The Hall–Kier alpha value is -3.98. The third kappa shape index (κ3) is 3.36. The van der Waals surface area contributed by atoms with Crippen LogP contribution in [-0.2, 0) is 0 Å². The van der Waals surface area contributed by atoms with Gasteiger partial charge in [-0.25, -0.2) is 4.98 Å². The Bertz CT molecular complexity index is 1660. The molecule has 3 heterocycles. The lowest BCUT2D eigenvalue weighted by atomic mass is 9.90. The van der Waals surface area contributed by atoms with Gasteiger partial charge in [0.05, 0.1) is 11.4 Å². The molecule has 6 aromatic rings. The normalized spacial score (nSPS) is 12.7. The lowest BCUT2D eigenvalue weighted by Crippen LogP contribution is -2.02. The molecule has 0 spiro atoms. The van der Waals surface area contributed by atoms with Crippen LogP contribution in [0.2, 0.25) is 0 Å². The number of nitrogens with zero attached hydrogens (tertiary/aromatic N) is 2. The standard InChI is InChI=1S/C31H26N2O/c1-19(2)20(3)22-16-17-32-29(18-22)27-13-7-12-25-26-14-15-28(33-31(26)34-30(25)27)24-11-6-9-21-8-4-5-10-23(21)24/h4-20H,1-3H3. The number of rotatable bonds is 4. The molecule has 3 aromatic carbocycles. The topological polar surface area (TPSA) is 38.9 Å². The number of fused-ring (bicyclic) bond motifs is 4. The third-order valence-corrected chi connectivity index (χ3v) is 7.02. The maximum atomic E-state index is 6.41. The van der Waals surface area contributed by atoms with Crippen molar-refractivity contribution in [3.05, 3.63) is 96.7 Å². The summed E-state index contributed by atoms with van der Waals surface area (Å²) in [5.74, 6) is 1.02. The highest BCUT2D eigenvalue weighted by Crippen LogP contribution is 2.37. The van der Waals surface area contributed by atoms with Crippen molar-refractivity contribution in [1.82, 2.24) is 9.97 Å². The first-order valence-electron chi connectivity index (χ1n) is 11.9. The van der Waals surface area contributed by atoms with Gasteiger partial charge in [0, 0.05) is 28.1 Å². The quantitative estimate of drug-likeness (QED) is 0.274. The number of aromatic nitrogens is 2. The molecule has 6 rings (SSSR count). The molecule has 0 aliphatic heterocycles. The molecule has 34 heavy (non-hydrogen) atoms. The van der Waals surface area contributed by atoms with E-state index in [0.29, 0.717) is 17.5 Å². The maximum Gasteiger partial charge on any atom is 0.227 e. The van der Waals surface area contributed by atoms with E-state index in [4.69, 9.17) is 14.4 Å². The lowest BCUT2D eigenvalue weighted by Gasteiger charge is -2.16. The summed E-state index contributed by atoms with van der Waals surface area (Å²) in [5.41, 5.74) is 6.74. The van der Waals surface area contributed by atoms with Crippen LogP contribution >= 0.6 is 0 Å². The van der Waals surface area contributed by atoms with Gasteiger partial charge in [-0.1, -0.05) is 75.4 Å². The first-order chi connectivity index (χ1) is 16.6. The van der Waals surface area contributed by atoms with Crippen molar-refractivity contribution < 1.29 is 4.42 Å². The fraction of sp³-hybridized carbons (Fsp3) is 0.161. The molecular formula is C31H26N2O. The summed E-state index contributed by atoms with van der Waals surface area (Å²) in [7, 11) is 0. The van der Waals surface area contributed by atoms with Crippen molar-refractivity contribution in [3.63, 3.8) is 0 Å². The van der Waals surface area contributed by atoms with Gasteiger partial charge in [-0.3, -0.25) is 4.98 Å². The molecule has 3 aromatic heterocycles. The highest BCUT2D eigenvalue weighted by molar-refractivity contribution is 6.09. The molecule has 3 nitrogen and oxygen atoms in total. The molecule has 0 amide bonds. The van der Waals surface area contributed by atoms with Crippen LogP contribution in [0.4, 0.5) is 0 Å². The molecular weight excluding hydrogens is 416 g/mol. The summed E-state index contributed by atoms with van der Waals surface area (Å²) in [6.07, 6.45) is 1.90. The van der Waals surface area contributed by atoms with E-state index < -0.39 is 0 Å². The van der Waals surface area contributed by atoms with Gasteiger partial charge in [-0.05, 0) is 58.5 Å². The Morgan fingerprint density at radius 2 is 1.44 bits per heavy atom. The van der Waals surface area contributed by atoms with Crippen LogP contribution in [0.5, 0.6) is 0 Å². The molecule has 1 unspecified atom stereocenters. The van der Waals surface area contributed by atoms with Gasteiger partial charge < -0.3 is 4.42 Å². The number of furan rings is 1. The molecule has 0 N–H and O–H groups in total. The molecule has 0 aliphatic rings.